The van der Waals surface area contributed by atoms with Crippen molar-refractivity contribution < 1.29 is 0 Å². The lowest BCUT2D eigenvalue weighted by Crippen LogP contribution is -1.91. The molecular formula is C17H15N3. The van der Waals surface area contributed by atoms with Crippen LogP contribution in [-0.2, 0) is 0 Å². The molecule has 0 bridgehead atoms. The van der Waals surface area contributed by atoms with Crippen molar-refractivity contribution in [2.24, 2.45) is 0 Å². The van der Waals surface area contributed by atoms with E-state index in [1.54, 1.807) is 6.20 Å². The standard InChI is InChI=1S/C17H15N3/c1-12-6-7-16(11-19-12)14-4-3-5-15(10-14)17-18-9-8-13(2)20-17/h3-11H,1-2H3. The van der Waals surface area contributed by atoms with E-state index in [-0.39, 0.29) is 0 Å². The molecule has 0 aliphatic rings. The minimum absolute atomic E-state index is 0.756. The van der Waals surface area contributed by atoms with Crippen LogP contribution >= 0.6 is 0 Å². The third-order valence-electron chi connectivity index (χ3n) is 3.16. The van der Waals surface area contributed by atoms with Crippen LogP contribution in [0.25, 0.3) is 22.5 Å². The number of hydrogen-bond acceptors (Lipinski definition) is 3. The fourth-order valence-corrected chi connectivity index (χ4v) is 2.06. The number of benzene rings is 1. The molecule has 0 spiro atoms. The van der Waals surface area contributed by atoms with Crippen molar-refractivity contribution in [1.29, 1.82) is 0 Å². The first kappa shape index (κ1) is 12.5. The van der Waals surface area contributed by atoms with Gasteiger partial charge in [-0.3, -0.25) is 4.98 Å². The summed E-state index contributed by atoms with van der Waals surface area (Å²) in [5, 5.41) is 0. The van der Waals surface area contributed by atoms with Gasteiger partial charge in [-0.2, -0.15) is 0 Å². The van der Waals surface area contributed by atoms with E-state index in [0.29, 0.717) is 0 Å². The summed E-state index contributed by atoms with van der Waals surface area (Å²) in [6, 6.07) is 14.2. The summed E-state index contributed by atoms with van der Waals surface area (Å²) in [4.78, 5) is 13.1. The van der Waals surface area contributed by atoms with Crippen LogP contribution in [0, 0.1) is 13.8 Å². The molecule has 0 amide bonds. The van der Waals surface area contributed by atoms with Crippen molar-refractivity contribution in [3.63, 3.8) is 0 Å². The molecule has 0 atom stereocenters. The summed E-state index contributed by atoms with van der Waals surface area (Å²) < 4.78 is 0. The molecule has 0 N–H and O–H groups in total. The Labute approximate surface area is 118 Å². The second-order valence-electron chi connectivity index (χ2n) is 4.79. The Morgan fingerprint density at radius 3 is 2.35 bits per heavy atom. The molecule has 0 aliphatic heterocycles. The van der Waals surface area contributed by atoms with Gasteiger partial charge in [0, 0.05) is 34.9 Å². The fourth-order valence-electron chi connectivity index (χ4n) is 2.06. The summed E-state index contributed by atoms with van der Waals surface area (Å²) in [7, 11) is 0. The summed E-state index contributed by atoms with van der Waals surface area (Å²) in [5.74, 6) is 0.756. The van der Waals surface area contributed by atoms with Gasteiger partial charge in [-0.1, -0.05) is 24.3 Å². The summed E-state index contributed by atoms with van der Waals surface area (Å²) >= 11 is 0. The molecule has 0 aliphatic carbocycles. The van der Waals surface area contributed by atoms with Gasteiger partial charge < -0.3 is 0 Å². The first-order chi connectivity index (χ1) is 9.72. The van der Waals surface area contributed by atoms with Crippen LogP contribution in [-0.4, -0.2) is 15.0 Å². The Hall–Kier alpha value is -2.55. The number of aromatic nitrogens is 3. The Morgan fingerprint density at radius 1 is 0.750 bits per heavy atom. The molecule has 3 nitrogen and oxygen atoms in total. The molecule has 2 heterocycles. The van der Waals surface area contributed by atoms with Crippen molar-refractivity contribution in [1.82, 2.24) is 15.0 Å². The van der Waals surface area contributed by atoms with Gasteiger partial charge in [0.25, 0.3) is 0 Å². The third-order valence-corrected chi connectivity index (χ3v) is 3.16. The van der Waals surface area contributed by atoms with Gasteiger partial charge in [0.1, 0.15) is 0 Å². The molecule has 1 aromatic carbocycles. The molecule has 0 saturated carbocycles. The predicted octanol–water partition coefficient (Wildman–Crippen LogP) is 3.82. The minimum atomic E-state index is 0.756. The number of pyridine rings is 1. The maximum atomic E-state index is 4.47. The zero-order valence-electron chi connectivity index (χ0n) is 11.5. The van der Waals surface area contributed by atoms with Gasteiger partial charge >= 0.3 is 0 Å². The van der Waals surface area contributed by atoms with Crippen LogP contribution in [0.15, 0.2) is 54.9 Å². The Bertz CT molecular complexity index is 733. The molecule has 0 unspecified atom stereocenters. The summed E-state index contributed by atoms with van der Waals surface area (Å²) in [6.07, 6.45) is 3.68. The van der Waals surface area contributed by atoms with E-state index in [1.807, 2.05) is 44.3 Å². The average Bonchev–Trinajstić information content (AvgIpc) is 2.48. The lowest BCUT2D eigenvalue weighted by molar-refractivity contribution is 1.11. The van der Waals surface area contributed by atoms with Crippen LogP contribution in [0.2, 0.25) is 0 Å². The van der Waals surface area contributed by atoms with Crippen LogP contribution in [0.1, 0.15) is 11.4 Å². The van der Waals surface area contributed by atoms with Crippen molar-refractivity contribution in [3.8, 4) is 22.5 Å². The van der Waals surface area contributed by atoms with Crippen LogP contribution in [0.5, 0.6) is 0 Å². The van der Waals surface area contributed by atoms with E-state index in [0.717, 1.165) is 33.9 Å². The van der Waals surface area contributed by atoms with Gasteiger partial charge in [-0.15, -0.1) is 0 Å². The Balaban J connectivity index is 2.03. The van der Waals surface area contributed by atoms with Gasteiger partial charge in [-0.05, 0) is 37.6 Å². The van der Waals surface area contributed by atoms with E-state index in [1.165, 1.54) is 0 Å². The third kappa shape index (κ3) is 2.57. The zero-order valence-corrected chi connectivity index (χ0v) is 11.5. The quantitative estimate of drug-likeness (QED) is 0.704. The van der Waals surface area contributed by atoms with Gasteiger partial charge in [-0.25, -0.2) is 9.97 Å². The summed E-state index contributed by atoms with van der Waals surface area (Å²) in [5.41, 5.74) is 5.24. The smallest absolute Gasteiger partial charge is 0.159 e. The average molecular weight is 261 g/mol. The first-order valence-corrected chi connectivity index (χ1v) is 6.55. The predicted molar refractivity (Wildman–Crippen MR) is 80.2 cm³/mol. The summed E-state index contributed by atoms with van der Waals surface area (Å²) in [6.45, 7) is 3.96. The molecule has 3 heteroatoms. The molecule has 0 radical (unpaired) electrons. The van der Waals surface area contributed by atoms with E-state index in [4.69, 9.17) is 0 Å². The van der Waals surface area contributed by atoms with E-state index < -0.39 is 0 Å². The first-order valence-electron chi connectivity index (χ1n) is 6.55. The van der Waals surface area contributed by atoms with Gasteiger partial charge in [0.15, 0.2) is 5.82 Å². The van der Waals surface area contributed by atoms with E-state index >= 15 is 0 Å². The molecule has 0 fully saturated rings. The largest absolute Gasteiger partial charge is 0.261 e. The lowest BCUT2D eigenvalue weighted by Gasteiger charge is -2.05. The monoisotopic (exact) mass is 261 g/mol. The van der Waals surface area contributed by atoms with Crippen molar-refractivity contribution in [2.45, 2.75) is 13.8 Å². The van der Waals surface area contributed by atoms with Crippen molar-refractivity contribution in [2.75, 3.05) is 0 Å². The normalized spacial score (nSPS) is 10.5. The highest BCUT2D eigenvalue weighted by atomic mass is 14.9. The molecule has 0 saturated heterocycles. The van der Waals surface area contributed by atoms with Crippen LogP contribution in [0.4, 0.5) is 0 Å². The molecule has 98 valence electrons. The van der Waals surface area contributed by atoms with E-state index in [2.05, 4.69) is 33.2 Å². The second-order valence-corrected chi connectivity index (χ2v) is 4.79. The molecule has 2 aromatic heterocycles. The van der Waals surface area contributed by atoms with Crippen molar-refractivity contribution >= 4 is 0 Å². The lowest BCUT2D eigenvalue weighted by atomic mass is 10.0. The highest BCUT2D eigenvalue weighted by Crippen LogP contribution is 2.24. The van der Waals surface area contributed by atoms with E-state index in [9.17, 15) is 0 Å². The maximum Gasteiger partial charge on any atom is 0.159 e. The zero-order chi connectivity index (χ0) is 13.9. The fraction of sp³-hybridized carbons (Fsp3) is 0.118. The molecule has 20 heavy (non-hydrogen) atoms. The molecule has 3 rings (SSSR count). The second kappa shape index (κ2) is 5.21. The van der Waals surface area contributed by atoms with Gasteiger partial charge in [0.05, 0.1) is 0 Å². The van der Waals surface area contributed by atoms with Crippen LogP contribution < -0.4 is 0 Å². The topological polar surface area (TPSA) is 38.7 Å². The Morgan fingerprint density at radius 2 is 1.60 bits per heavy atom. The molecular weight excluding hydrogens is 246 g/mol. The number of rotatable bonds is 2. The highest BCUT2D eigenvalue weighted by Gasteiger charge is 2.04. The number of aryl methyl sites for hydroxylation is 2. The highest BCUT2D eigenvalue weighted by molar-refractivity contribution is 5.69. The number of nitrogens with zero attached hydrogens (tertiary/aromatic N) is 3. The Kier molecular flexibility index (Phi) is 3.25. The maximum absolute atomic E-state index is 4.47. The van der Waals surface area contributed by atoms with Gasteiger partial charge in [0.2, 0.25) is 0 Å². The van der Waals surface area contributed by atoms with Crippen molar-refractivity contribution in [3.05, 3.63) is 66.2 Å². The molecule has 3 aromatic rings. The van der Waals surface area contributed by atoms with Crippen LogP contribution in [0.3, 0.4) is 0 Å². The SMILES string of the molecule is Cc1ccc(-c2cccc(-c3nccc(C)n3)c2)cn1. The minimum Gasteiger partial charge on any atom is -0.261 e. The number of hydrogen-bond donors (Lipinski definition) is 0.